The van der Waals surface area contributed by atoms with Gasteiger partial charge in [0.25, 0.3) is 0 Å². The van der Waals surface area contributed by atoms with Crippen molar-refractivity contribution in [3.63, 3.8) is 0 Å². The molecule has 0 aromatic carbocycles. The Morgan fingerprint density at radius 2 is 1.89 bits per heavy atom. The minimum atomic E-state index is 0.251. The van der Waals surface area contributed by atoms with Crippen molar-refractivity contribution in [2.75, 3.05) is 26.1 Å². The van der Waals surface area contributed by atoms with Gasteiger partial charge in [-0.2, -0.15) is 0 Å². The summed E-state index contributed by atoms with van der Waals surface area (Å²) in [6.45, 7) is 11.2. The van der Waals surface area contributed by atoms with Crippen molar-refractivity contribution in [3.8, 4) is 11.3 Å². The second-order valence-corrected chi connectivity index (χ2v) is 7.60. The summed E-state index contributed by atoms with van der Waals surface area (Å²) in [5.74, 6) is 1.21. The molecule has 28 heavy (non-hydrogen) atoms. The fourth-order valence-corrected chi connectivity index (χ4v) is 3.58. The van der Waals surface area contributed by atoms with Gasteiger partial charge in [0, 0.05) is 31.6 Å². The Hall–Kier alpha value is -2.47. The summed E-state index contributed by atoms with van der Waals surface area (Å²) < 4.78 is 7.61. The maximum atomic E-state index is 5.41. The molecule has 0 fully saturated rings. The summed E-state index contributed by atoms with van der Waals surface area (Å²) in [5.41, 5.74) is 6.79. The number of fused-ring (bicyclic) bond motifs is 1. The second kappa shape index (κ2) is 8.27. The second-order valence-electron chi connectivity index (χ2n) is 7.60. The van der Waals surface area contributed by atoms with Crippen molar-refractivity contribution in [1.82, 2.24) is 19.5 Å². The Bertz CT molecular complexity index is 977. The maximum absolute atomic E-state index is 5.41. The van der Waals surface area contributed by atoms with Crippen LogP contribution in [0.15, 0.2) is 18.3 Å². The molecular formula is C22H31N5O. The zero-order valence-electron chi connectivity index (χ0n) is 18.0. The average Bonchev–Trinajstić information content (AvgIpc) is 3.00. The quantitative estimate of drug-likeness (QED) is 0.632. The fraction of sp³-hybridized carbons (Fsp3) is 0.500. The lowest BCUT2D eigenvalue weighted by Gasteiger charge is -2.17. The minimum absolute atomic E-state index is 0.251. The van der Waals surface area contributed by atoms with Crippen molar-refractivity contribution in [2.24, 2.45) is 0 Å². The molecule has 0 spiro atoms. The summed E-state index contributed by atoms with van der Waals surface area (Å²) in [6, 6.07) is 4.43. The number of anilines is 1. The third-order valence-electron chi connectivity index (χ3n) is 5.23. The molecule has 1 atom stereocenters. The van der Waals surface area contributed by atoms with Crippen LogP contribution in [0, 0.1) is 13.8 Å². The van der Waals surface area contributed by atoms with Crippen LogP contribution in [-0.4, -0.2) is 40.3 Å². The Labute approximate surface area is 167 Å². The van der Waals surface area contributed by atoms with E-state index < -0.39 is 0 Å². The minimum Gasteiger partial charge on any atom is -0.383 e. The number of nitrogens with zero attached hydrogens (tertiary/aromatic N) is 4. The van der Waals surface area contributed by atoms with E-state index in [1.165, 1.54) is 0 Å². The first kappa shape index (κ1) is 20.3. The molecule has 0 aliphatic carbocycles. The zero-order chi connectivity index (χ0) is 20.4. The van der Waals surface area contributed by atoms with E-state index in [-0.39, 0.29) is 6.04 Å². The lowest BCUT2D eigenvalue weighted by Crippen LogP contribution is -2.13. The van der Waals surface area contributed by atoms with Gasteiger partial charge in [0.05, 0.1) is 24.0 Å². The summed E-state index contributed by atoms with van der Waals surface area (Å²) in [6.07, 6.45) is 3.12. The summed E-state index contributed by atoms with van der Waals surface area (Å²) >= 11 is 0. The molecule has 6 nitrogen and oxygen atoms in total. The maximum Gasteiger partial charge on any atom is 0.159 e. The van der Waals surface area contributed by atoms with Gasteiger partial charge in [-0.1, -0.05) is 20.8 Å². The molecule has 0 bridgehead atoms. The van der Waals surface area contributed by atoms with Crippen LogP contribution in [0.5, 0.6) is 0 Å². The molecule has 1 N–H and O–H groups in total. The van der Waals surface area contributed by atoms with Crippen molar-refractivity contribution in [2.45, 2.75) is 53.0 Å². The topological polar surface area (TPSA) is 64.9 Å². The highest BCUT2D eigenvalue weighted by Crippen LogP contribution is 2.32. The van der Waals surface area contributed by atoms with Crippen LogP contribution in [0.4, 0.5) is 5.82 Å². The first-order valence-electron chi connectivity index (χ1n) is 9.94. The smallest absolute Gasteiger partial charge is 0.159 e. The molecule has 0 saturated heterocycles. The number of hydrogen-bond donors (Lipinski definition) is 1. The highest BCUT2D eigenvalue weighted by atomic mass is 16.5. The van der Waals surface area contributed by atoms with Crippen LogP contribution in [-0.2, 0) is 4.74 Å². The third kappa shape index (κ3) is 3.61. The predicted molar refractivity (Wildman–Crippen MR) is 115 cm³/mol. The molecule has 3 aromatic rings. The van der Waals surface area contributed by atoms with Gasteiger partial charge in [0.2, 0.25) is 0 Å². The summed E-state index contributed by atoms with van der Waals surface area (Å²) in [4.78, 5) is 14.7. The van der Waals surface area contributed by atoms with E-state index in [4.69, 9.17) is 19.7 Å². The highest BCUT2D eigenvalue weighted by Gasteiger charge is 2.20. The molecule has 0 radical (unpaired) electrons. The van der Waals surface area contributed by atoms with E-state index >= 15 is 0 Å². The van der Waals surface area contributed by atoms with Gasteiger partial charge < -0.3 is 14.6 Å². The van der Waals surface area contributed by atoms with Gasteiger partial charge in [-0.3, -0.25) is 0 Å². The van der Waals surface area contributed by atoms with Crippen molar-refractivity contribution >= 4 is 17.0 Å². The van der Waals surface area contributed by atoms with Gasteiger partial charge in [0.15, 0.2) is 5.65 Å². The molecule has 0 aliphatic rings. The van der Waals surface area contributed by atoms with Crippen LogP contribution in [0.3, 0.4) is 0 Å². The number of methoxy groups -OCH3 is 1. The number of pyridine rings is 1. The number of rotatable bonds is 7. The van der Waals surface area contributed by atoms with Gasteiger partial charge in [-0.25, -0.2) is 15.0 Å². The Kier molecular flexibility index (Phi) is 5.98. The van der Waals surface area contributed by atoms with Gasteiger partial charge >= 0.3 is 0 Å². The molecular weight excluding hydrogens is 350 g/mol. The first-order valence-corrected chi connectivity index (χ1v) is 9.94. The molecule has 6 heteroatoms. The molecule has 0 saturated carbocycles. The predicted octanol–water partition coefficient (Wildman–Crippen LogP) is 4.87. The van der Waals surface area contributed by atoms with E-state index in [2.05, 4.69) is 55.9 Å². The van der Waals surface area contributed by atoms with Crippen LogP contribution in [0.2, 0.25) is 0 Å². The SMILES string of the molecule is CC[C@H](COC)n1cc(C)c2nc(-c3ccc(C(C)C)nc3NC)c(C)nc21. The van der Waals surface area contributed by atoms with Crippen molar-refractivity contribution in [1.29, 1.82) is 0 Å². The monoisotopic (exact) mass is 381 g/mol. The molecule has 0 unspecified atom stereocenters. The molecule has 0 amide bonds. The third-order valence-corrected chi connectivity index (χ3v) is 5.23. The van der Waals surface area contributed by atoms with E-state index in [1.807, 2.05) is 14.0 Å². The van der Waals surface area contributed by atoms with E-state index in [1.54, 1.807) is 7.11 Å². The number of aromatic nitrogens is 4. The summed E-state index contributed by atoms with van der Waals surface area (Å²) in [5, 5.41) is 3.23. The van der Waals surface area contributed by atoms with E-state index in [0.717, 1.165) is 51.6 Å². The van der Waals surface area contributed by atoms with E-state index in [0.29, 0.717) is 12.5 Å². The summed E-state index contributed by atoms with van der Waals surface area (Å²) in [7, 11) is 3.64. The van der Waals surface area contributed by atoms with Gasteiger partial charge in [-0.15, -0.1) is 0 Å². The standard InChI is InChI=1S/C22H31N5O/c1-8-16(12-28-7)27-11-14(4)19-22(27)24-15(5)20(26-19)17-9-10-18(13(2)3)25-21(17)23-6/h9-11,13,16H,8,12H2,1-7H3,(H,23,25)/t16-/m1/s1. The molecule has 3 aromatic heterocycles. The average molecular weight is 382 g/mol. The Morgan fingerprint density at radius 3 is 2.50 bits per heavy atom. The molecule has 0 aliphatic heterocycles. The lowest BCUT2D eigenvalue weighted by atomic mass is 10.1. The van der Waals surface area contributed by atoms with E-state index in [9.17, 15) is 0 Å². The number of ether oxygens (including phenoxy) is 1. The normalized spacial score (nSPS) is 12.7. The lowest BCUT2D eigenvalue weighted by molar-refractivity contribution is 0.154. The first-order chi connectivity index (χ1) is 13.4. The molecule has 3 heterocycles. The fourth-order valence-electron chi connectivity index (χ4n) is 3.58. The number of hydrogen-bond acceptors (Lipinski definition) is 5. The van der Waals surface area contributed by atoms with Crippen molar-refractivity contribution < 1.29 is 4.74 Å². The Balaban J connectivity index is 2.17. The Morgan fingerprint density at radius 1 is 1.14 bits per heavy atom. The van der Waals surface area contributed by atoms with Crippen LogP contribution >= 0.6 is 0 Å². The number of aryl methyl sites for hydroxylation is 2. The highest BCUT2D eigenvalue weighted by molar-refractivity contribution is 5.82. The van der Waals surface area contributed by atoms with Crippen LogP contribution < -0.4 is 5.32 Å². The number of nitrogens with one attached hydrogen (secondary N) is 1. The molecule has 3 rings (SSSR count). The van der Waals surface area contributed by atoms with Crippen molar-refractivity contribution in [3.05, 3.63) is 35.3 Å². The zero-order valence-corrected chi connectivity index (χ0v) is 18.0. The van der Waals surface area contributed by atoms with Gasteiger partial charge in [-0.05, 0) is 43.9 Å². The van der Waals surface area contributed by atoms with Gasteiger partial charge in [0.1, 0.15) is 11.3 Å². The largest absolute Gasteiger partial charge is 0.383 e. The molecule has 150 valence electrons. The van der Waals surface area contributed by atoms with Crippen LogP contribution in [0.25, 0.3) is 22.4 Å². The van der Waals surface area contributed by atoms with Crippen LogP contribution in [0.1, 0.15) is 56.1 Å².